The van der Waals surface area contributed by atoms with E-state index in [0.29, 0.717) is 23.3 Å². The standard InChI is InChI=1S/C22H20N2O5/c1-15-19(23-20(28-15)17-10-6-3-7-11-17)12-13-27-24-21(25)18(22(26)29-24)14-16-8-4-2-5-9-16/h2-11,18H,12-14H2,1H3. The quantitative estimate of drug-likeness (QED) is 0.574. The molecule has 1 saturated heterocycles. The van der Waals surface area contributed by atoms with Crippen LogP contribution >= 0.6 is 0 Å². The van der Waals surface area contributed by atoms with Crippen molar-refractivity contribution in [3.05, 3.63) is 77.7 Å². The van der Waals surface area contributed by atoms with Gasteiger partial charge in [0.15, 0.2) is 0 Å². The molecule has 0 saturated carbocycles. The van der Waals surface area contributed by atoms with E-state index in [1.807, 2.05) is 67.6 Å². The number of hydrogen-bond donors (Lipinski definition) is 0. The van der Waals surface area contributed by atoms with E-state index in [0.717, 1.165) is 16.8 Å². The molecule has 4 rings (SSSR count). The molecule has 1 amide bonds. The van der Waals surface area contributed by atoms with E-state index in [4.69, 9.17) is 14.1 Å². The molecule has 7 nitrogen and oxygen atoms in total. The van der Waals surface area contributed by atoms with Crippen LogP contribution in [0.1, 0.15) is 17.0 Å². The van der Waals surface area contributed by atoms with Crippen molar-refractivity contribution >= 4 is 11.9 Å². The maximum atomic E-state index is 12.4. The third kappa shape index (κ3) is 4.20. The Morgan fingerprint density at radius 1 is 1.03 bits per heavy atom. The molecular weight excluding hydrogens is 372 g/mol. The maximum absolute atomic E-state index is 12.4. The Labute approximate surface area is 167 Å². The number of aromatic nitrogens is 1. The van der Waals surface area contributed by atoms with Crippen molar-refractivity contribution < 1.29 is 23.7 Å². The van der Waals surface area contributed by atoms with Crippen LogP contribution < -0.4 is 0 Å². The fourth-order valence-corrected chi connectivity index (χ4v) is 3.12. The number of benzene rings is 2. The molecule has 0 spiro atoms. The van der Waals surface area contributed by atoms with Crippen molar-refractivity contribution in [2.45, 2.75) is 19.8 Å². The van der Waals surface area contributed by atoms with Gasteiger partial charge in [-0.1, -0.05) is 48.5 Å². The normalized spacial score (nSPS) is 16.3. The summed E-state index contributed by atoms with van der Waals surface area (Å²) in [5, 5.41) is 0.684. The number of hydrogen-bond acceptors (Lipinski definition) is 6. The zero-order valence-corrected chi connectivity index (χ0v) is 15.9. The molecule has 1 unspecified atom stereocenters. The highest BCUT2D eigenvalue weighted by Crippen LogP contribution is 2.23. The molecule has 29 heavy (non-hydrogen) atoms. The lowest BCUT2D eigenvalue weighted by Crippen LogP contribution is -2.28. The van der Waals surface area contributed by atoms with E-state index in [1.165, 1.54) is 0 Å². The molecule has 7 heteroatoms. The molecule has 1 aromatic heterocycles. The van der Waals surface area contributed by atoms with E-state index in [-0.39, 0.29) is 13.0 Å². The van der Waals surface area contributed by atoms with E-state index in [9.17, 15) is 9.59 Å². The lowest BCUT2D eigenvalue weighted by Gasteiger charge is -2.11. The number of hydroxylamine groups is 2. The van der Waals surface area contributed by atoms with Gasteiger partial charge in [-0.15, -0.1) is 0 Å². The van der Waals surface area contributed by atoms with Gasteiger partial charge in [0.05, 0.1) is 12.3 Å². The molecule has 0 N–H and O–H groups in total. The summed E-state index contributed by atoms with van der Waals surface area (Å²) in [5.74, 6) is -0.789. The van der Waals surface area contributed by atoms with Crippen molar-refractivity contribution in [2.75, 3.05) is 6.61 Å². The minimum absolute atomic E-state index is 0.124. The first-order valence-electron chi connectivity index (χ1n) is 9.36. The molecule has 1 aliphatic heterocycles. The van der Waals surface area contributed by atoms with Crippen LogP contribution in [0.3, 0.4) is 0 Å². The van der Waals surface area contributed by atoms with E-state index >= 15 is 0 Å². The van der Waals surface area contributed by atoms with E-state index in [1.54, 1.807) is 0 Å². The molecular formula is C22H20N2O5. The van der Waals surface area contributed by atoms with Crippen LogP contribution in [0.15, 0.2) is 65.1 Å². The summed E-state index contributed by atoms with van der Waals surface area (Å²) in [6.45, 7) is 1.95. The lowest BCUT2D eigenvalue weighted by atomic mass is 10.00. The molecule has 148 valence electrons. The highest BCUT2D eigenvalue weighted by molar-refractivity contribution is 6.01. The molecule has 2 heterocycles. The number of amides is 1. The summed E-state index contributed by atoms with van der Waals surface area (Å²) >= 11 is 0. The average molecular weight is 392 g/mol. The van der Waals surface area contributed by atoms with Crippen molar-refractivity contribution in [3.8, 4) is 11.5 Å². The van der Waals surface area contributed by atoms with Crippen LogP contribution in [-0.2, 0) is 32.1 Å². The highest BCUT2D eigenvalue weighted by Gasteiger charge is 2.43. The summed E-state index contributed by atoms with van der Waals surface area (Å²) in [4.78, 5) is 39.4. The molecule has 0 aliphatic carbocycles. The number of carbonyl (C=O) groups is 2. The van der Waals surface area contributed by atoms with Gasteiger partial charge in [-0.3, -0.25) is 4.79 Å². The summed E-state index contributed by atoms with van der Waals surface area (Å²) < 4.78 is 5.71. The summed E-state index contributed by atoms with van der Waals surface area (Å²) in [5.41, 5.74) is 2.49. The van der Waals surface area contributed by atoms with Gasteiger partial charge in [0.25, 0.3) is 5.91 Å². The number of nitrogens with zero attached hydrogens (tertiary/aromatic N) is 2. The topological polar surface area (TPSA) is 81.9 Å². The Morgan fingerprint density at radius 3 is 2.45 bits per heavy atom. The Bertz CT molecular complexity index is 1000. The maximum Gasteiger partial charge on any atom is 0.348 e. The Morgan fingerprint density at radius 2 is 1.72 bits per heavy atom. The van der Waals surface area contributed by atoms with Crippen LogP contribution in [0, 0.1) is 12.8 Å². The van der Waals surface area contributed by atoms with Crippen LogP contribution in [0.5, 0.6) is 0 Å². The van der Waals surface area contributed by atoms with E-state index in [2.05, 4.69) is 4.98 Å². The molecule has 0 bridgehead atoms. The predicted octanol–water partition coefficient (Wildman–Crippen LogP) is 3.28. The minimum Gasteiger partial charge on any atom is -0.441 e. The van der Waals surface area contributed by atoms with Crippen LogP contribution in [0.25, 0.3) is 11.5 Å². The molecule has 2 aromatic carbocycles. The third-order valence-corrected chi connectivity index (χ3v) is 4.68. The van der Waals surface area contributed by atoms with Crippen molar-refractivity contribution in [1.29, 1.82) is 0 Å². The van der Waals surface area contributed by atoms with Gasteiger partial charge in [-0.05, 0) is 36.3 Å². The lowest BCUT2D eigenvalue weighted by molar-refractivity contribution is -0.307. The molecule has 0 radical (unpaired) electrons. The van der Waals surface area contributed by atoms with Crippen LogP contribution in [0.4, 0.5) is 0 Å². The summed E-state index contributed by atoms with van der Waals surface area (Å²) in [6, 6.07) is 18.9. The first kappa shape index (κ1) is 18.9. The highest BCUT2D eigenvalue weighted by atomic mass is 17.0. The number of carbonyl (C=O) groups excluding carboxylic acids is 2. The molecule has 1 aliphatic rings. The van der Waals surface area contributed by atoms with Crippen LogP contribution in [-0.4, -0.2) is 28.7 Å². The zero-order chi connectivity index (χ0) is 20.2. The van der Waals surface area contributed by atoms with Gasteiger partial charge in [0, 0.05) is 12.0 Å². The number of aryl methyl sites for hydroxylation is 1. The minimum atomic E-state index is -0.893. The Hall–Kier alpha value is -3.45. The van der Waals surface area contributed by atoms with Gasteiger partial charge in [-0.25, -0.2) is 14.6 Å². The Balaban J connectivity index is 1.34. The Kier molecular flexibility index (Phi) is 5.39. The largest absolute Gasteiger partial charge is 0.441 e. The fraction of sp³-hybridized carbons (Fsp3) is 0.227. The predicted molar refractivity (Wildman–Crippen MR) is 103 cm³/mol. The van der Waals surface area contributed by atoms with Crippen molar-refractivity contribution in [3.63, 3.8) is 0 Å². The van der Waals surface area contributed by atoms with Gasteiger partial charge in [0.2, 0.25) is 5.89 Å². The molecule has 1 atom stereocenters. The third-order valence-electron chi connectivity index (χ3n) is 4.68. The monoisotopic (exact) mass is 392 g/mol. The fourth-order valence-electron chi connectivity index (χ4n) is 3.12. The SMILES string of the molecule is Cc1oc(-c2ccccc2)nc1CCON1OC(=O)C(Cc2ccccc2)C1=O. The number of oxazole rings is 1. The van der Waals surface area contributed by atoms with Crippen molar-refractivity contribution in [1.82, 2.24) is 10.2 Å². The first-order valence-corrected chi connectivity index (χ1v) is 9.36. The number of rotatable bonds is 7. The van der Waals surface area contributed by atoms with E-state index < -0.39 is 17.8 Å². The molecule has 1 fully saturated rings. The average Bonchev–Trinajstić information content (AvgIpc) is 3.24. The van der Waals surface area contributed by atoms with Gasteiger partial charge in [0.1, 0.15) is 11.7 Å². The molecule has 3 aromatic rings. The second-order valence-electron chi connectivity index (χ2n) is 6.72. The second-order valence-corrected chi connectivity index (χ2v) is 6.72. The van der Waals surface area contributed by atoms with Gasteiger partial charge < -0.3 is 9.25 Å². The van der Waals surface area contributed by atoms with Gasteiger partial charge in [-0.2, -0.15) is 0 Å². The second kappa shape index (κ2) is 8.28. The van der Waals surface area contributed by atoms with Gasteiger partial charge >= 0.3 is 5.97 Å². The smallest absolute Gasteiger partial charge is 0.348 e. The summed E-state index contributed by atoms with van der Waals surface area (Å²) in [7, 11) is 0. The zero-order valence-electron chi connectivity index (χ0n) is 15.9. The summed E-state index contributed by atoms with van der Waals surface area (Å²) in [6.07, 6.45) is 0.689. The van der Waals surface area contributed by atoms with Crippen LogP contribution in [0.2, 0.25) is 0 Å². The van der Waals surface area contributed by atoms with Crippen molar-refractivity contribution in [2.24, 2.45) is 5.92 Å². The first-order chi connectivity index (χ1) is 14.1.